The standard InChI is InChI=1S/C12H14N4O2S/c1-9-5-3-7-11(15-9)16-19(17,18)10-6-4-8-14-12(10)13-2/h3-8H,1-2H3,(H,13,14)(H,15,16). The second kappa shape index (κ2) is 5.23. The average Bonchev–Trinajstić information content (AvgIpc) is 2.38. The van der Waals surface area contributed by atoms with Crippen molar-refractivity contribution in [1.29, 1.82) is 0 Å². The van der Waals surface area contributed by atoms with E-state index < -0.39 is 10.0 Å². The topological polar surface area (TPSA) is 84.0 Å². The summed E-state index contributed by atoms with van der Waals surface area (Å²) in [5, 5.41) is 2.75. The number of nitrogens with one attached hydrogen (secondary N) is 2. The van der Waals surface area contributed by atoms with E-state index in [2.05, 4.69) is 20.0 Å². The van der Waals surface area contributed by atoms with Gasteiger partial charge in [-0.15, -0.1) is 0 Å². The van der Waals surface area contributed by atoms with Crippen molar-refractivity contribution >= 4 is 21.7 Å². The fourth-order valence-electron chi connectivity index (χ4n) is 1.59. The third-order valence-corrected chi connectivity index (χ3v) is 3.81. The molecule has 0 aliphatic carbocycles. The fourth-order valence-corrected chi connectivity index (χ4v) is 2.75. The van der Waals surface area contributed by atoms with Gasteiger partial charge in [-0.1, -0.05) is 6.07 Å². The molecule has 0 atom stereocenters. The van der Waals surface area contributed by atoms with Crippen LogP contribution in [-0.4, -0.2) is 25.4 Å². The van der Waals surface area contributed by atoms with Gasteiger partial charge in [-0.2, -0.15) is 0 Å². The van der Waals surface area contributed by atoms with Gasteiger partial charge in [0.25, 0.3) is 10.0 Å². The number of aromatic nitrogens is 2. The zero-order valence-electron chi connectivity index (χ0n) is 10.6. The Balaban J connectivity index is 2.38. The molecule has 2 rings (SSSR count). The molecule has 0 aromatic carbocycles. The summed E-state index contributed by atoms with van der Waals surface area (Å²) in [5.74, 6) is 0.577. The molecule has 2 aromatic rings. The second-order valence-corrected chi connectivity index (χ2v) is 5.52. The van der Waals surface area contributed by atoms with E-state index in [4.69, 9.17) is 0 Å². The number of hydrogen-bond acceptors (Lipinski definition) is 5. The number of anilines is 2. The Morgan fingerprint density at radius 1 is 1.16 bits per heavy atom. The first-order chi connectivity index (χ1) is 9.03. The zero-order chi connectivity index (χ0) is 13.9. The molecule has 0 spiro atoms. The fraction of sp³-hybridized carbons (Fsp3) is 0.167. The molecule has 0 saturated carbocycles. The SMILES string of the molecule is CNc1ncccc1S(=O)(=O)Nc1cccc(C)n1. The van der Waals surface area contributed by atoms with Crippen molar-refractivity contribution in [2.45, 2.75) is 11.8 Å². The Hall–Kier alpha value is -2.15. The van der Waals surface area contributed by atoms with E-state index in [-0.39, 0.29) is 10.7 Å². The Morgan fingerprint density at radius 2 is 1.95 bits per heavy atom. The molecule has 0 bridgehead atoms. The van der Waals surface area contributed by atoms with Crippen LogP contribution in [0.15, 0.2) is 41.4 Å². The molecule has 2 aromatic heterocycles. The van der Waals surface area contributed by atoms with Crippen molar-refractivity contribution in [3.8, 4) is 0 Å². The average molecular weight is 278 g/mol. The number of nitrogens with zero attached hydrogens (tertiary/aromatic N) is 2. The van der Waals surface area contributed by atoms with Gasteiger partial charge >= 0.3 is 0 Å². The van der Waals surface area contributed by atoms with Gasteiger partial charge in [0, 0.05) is 18.9 Å². The number of sulfonamides is 1. The Bertz CT molecular complexity index is 686. The lowest BCUT2D eigenvalue weighted by Gasteiger charge is -2.10. The van der Waals surface area contributed by atoms with Gasteiger partial charge in [-0.25, -0.2) is 18.4 Å². The van der Waals surface area contributed by atoms with E-state index in [1.165, 1.54) is 12.3 Å². The van der Waals surface area contributed by atoms with Crippen molar-refractivity contribution in [3.05, 3.63) is 42.2 Å². The van der Waals surface area contributed by atoms with E-state index in [0.29, 0.717) is 5.82 Å². The minimum Gasteiger partial charge on any atom is -0.372 e. The van der Waals surface area contributed by atoms with Crippen LogP contribution < -0.4 is 10.0 Å². The summed E-state index contributed by atoms with van der Waals surface area (Å²) in [7, 11) is -2.09. The maximum atomic E-state index is 12.3. The molecule has 0 aliphatic rings. The summed E-state index contributed by atoms with van der Waals surface area (Å²) in [5.41, 5.74) is 0.736. The summed E-state index contributed by atoms with van der Waals surface area (Å²) < 4.78 is 27.0. The molecule has 100 valence electrons. The van der Waals surface area contributed by atoms with Gasteiger partial charge in [0.1, 0.15) is 16.5 Å². The highest BCUT2D eigenvalue weighted by Gasteiger charge is 2.19. The summed E-state index contributed by atoms with van der Waals surface area (Å²) in [6.07, 6.45) is 1.52. The first-order valence-electron chi connectivity index (χ1n) is 5.62. The van der Waals surface area contributed by atoms with Gasteiger partial charge in [-0.05, 0) is 31.2 Å². The summed E-state index contributed by atoms with van der Waals surface area (Å²) in [6, 6.07) is 8.18. The van der Waals surface area contributed by atoms with Crippen LogP contribution in [0.3, 0.4) is 0 Å². The normalized spacial score (nSPS) is 11.1. The maximum absolute atomic E-state index is 12.3. The third-order valence-electron chi connectivity index (χ3n) is 2.42. The predicted octanol–water partition coefficient (Wildman–Crippen LogP) is 1.63. The van der Waals surface area contributed by atoms with E-state index in [0.717, 1.165) is 5.69 Å². The highest BCUT2D eigenvalue weighted by Crippen LogP contribution is 2.20. The van der Waals surface area contributed by atoms with Crippen LogP contribution in [0.2, 0.25) is 0 Å². The van der Waals surface area contributed by atoms with Gasteiger partial charge in [0.2, 0.25) is 0 Å². The van der Waals surface area contributed by atoms with Crippen LogP contribution in [-0.2, 0) is 10.0 Å². The molecule has 2 N–H and O–H groups in total. The summed E-state index contributed by atoms with van der Waals surface area (Å²) in [4.78, 5) is 8.16. The smallest absolute Gasteiger partial charge is 0.266 e. The summed E-state index contributed by atoms with van der Waals surface area (Å²) in [6.45, 7) is 1.79. The molecule has 2 heterocycles. The van der Waals surface area contributed by atoms with Gasteiger partial charge in [-0.3, -0.25) is 4.72 Å². The predicted molar refractivity (Wildman–Crippen MR) is 73.6 cm³/mol. The molecular formula is C12H14N4O2S. The van der Waals surface area contributed by atoms with Gasteiger partial charge in [0.05, 0.1) is 0 Å². The number of pyridine rings is 2. The zero-order valence-corrected chi connectivity index (χ0v) is 11.4. The molecule has 19 heavy (non-hydrogen) atoms. The van der Waals surface area contributed by atoms with E-state index >= 15 is 0 Å². The van der Waals surface area contributed by atoms with Gasteiger partial charge in [0.15, 0.2) is 0 Å². The first-order valence-corrected chi connectivity index (χ1v) is 7.10. The monoisotopic (exact) mass is 278 g/mol. The third kappa shape index (κ3) is 3.00. The van der Waals surface area contributed by atoms with Crippen molar-refractivity contribution in [3.63, 3.8) is 0 Å². The maximum Gasteiger partial charge on any atom is 0.266 e. The minimum absolute atomic E-state index is 0.0841. The molecule has 7 heteroatoms. The lowest BCUT2D eigenvalue weighted by atomic mass is 10.4. The quantitative estimate of drug-likeness (QED) is 0.888. The van der Waals surface area contributed by atoms with Crippen LogP contribution >= 0.6 is 0 Å². The van der Waals surface area contributed by atoms with Crippen molar-refractivity contribution in [2.75, 3.05) is 17.1 Å². The van der Waals surface area contributed by atoms with E-state index in [1.54, 1.807) is 38.2 Å². The molecule has 0 unspecified atom stereocenters. The van der Waals surface area contributed by atoms with Crippen molar-refractivity contribution in [1.82, 2.24) is 9.97 Å². The molecule has 0 radical (unpaired) electrons. The molecular weight excluding hydrogens is 264 g/mol. The van der Waals surface area contributed by atoms with Crippen LogP contribution in [0, 0.1) is 6.92 Å². The molecule has 0 fully saturated rings. The molecule has 0 aliphatic heterocycles. The van der Waals surface area contributed by atoms with Crippen LogP contribution in [0.1, 0.15) is 5.69 Å². The van der Waals surface area contributed by atoms with E-state index in [9.17, 15) is 8.42 Å². The highest BCUT2D eigenvalue weighted by molar-refractivity contribution is 7.92. The van der Waals surface area contributed by atoms with Crippen molar-refractivity contribution in [2.24, 2.45) is 0 Å². The lowest BCUT2D eigenvalue weighted by Crippen LogP contribution is -2.16. The highest BCUT2D eigenvalue weighted by atomic mass is 32.2. The van der Waals surface area contributed by atoms with Crippen molar-refractivity contribution < 1.29 is 8.42 Å². The first kappa shape index (κ1) is 13.3. The number of rotatable bonds is 4. The Labute approximate surface area is 112 Å². The summed E-state index contributed by atoms with van der Waals surface area (Å²) >= 11 is 0. The van der Waals surface area contributed by atoms with E-state index in [1.807, 2.05) is 0 Å². The lowest BCUT2D eigenvalue weighted by molar-refractivity contribution is 0.601. The van der Waals surface area contributed by atoms with Gasteiger partial charge < -0.3 is 5.32 Å². The molecule has 0 amide bonds. The Kier molecular flexibility index (Phi) is 3.66. The van der Waals surface area contributed by atoms with Crippen LogP contribution in [0.25, 0.3) is 0 Å². The van der Waals surface area contributed by atoms with Crippen LogP contribution in [0.5, 0.6) is 0 Å². The second-order valence-electron chi connectivity index (χ2n) is 3.87. The van der Waals surface area contributed by atoms with Crippen LogP contribution in [0.4, 0.5) is 11.6 Å². The minimum atomic E-state index is -3.71. The molecule has 6 nitrogen and oxygen atoms in total. The molecule has 0 saturated heterocycles. The number of hydrogen-bond donors (Lipinski definition) is 2. The Morgan fingerprint density at radius 3 is 2.63 bits per heavy atom. The largest absolute Gasteiger partial charge is 0.372 e. The number of aryl methyl sites for hydroxylation is 1.